The fourth-order valence-corrected chi connectivity index (χ4v) is 1.85. The Hall–Kier alpha value is -2.74. The number of nitrogens with zero attached hydrogens (tertiary/aromatic N) is 2. The predicted octanol–water partition coefficient (Wildman–Crippen LogP) is 2.33. The van der Waals surface area contributed by atoms with Crippen molar-refractivity contribution >= 4 is 23.3 Å². The molecule has 0 unspecified atom stereocenters. The summed E-state index contributed by atoms with van der Waals surface area (Å²) in [4.78, 5) is 35.7. The number of nitro benzene ring substituents is 1. The fraction of sp³-hybridized carbons (Fsp3) is 0.375. The van der Waals surface area contributed by atoms with Crippen molar-refractivity contribution in [3.8, 4) is 0 Å². The Kier molecular flexibility index (Phi) is 7.57. The summed E-state index contributed by atoms with van der Waals surface area (Å²) in [6, 6.07) is 3.62. The first kappa shape index (κ1) is 19.3. The highest BCUT2D eigenvalue weighted by molar-refractivity contribution is 6.03. The SMILES string of the molecule is C=CCCOCC(=O)N(C)c1cc([N+](=O)[O-])ccc1C(=O)OCC. The van der Waals surface area contributed by atoms with Gasteiger partial charge in [0, 0.05) is 19.2 Å². The lowest BCUT2D eigenvalue weighted by Crippen LogP contribution is -2.31. The Morgan fingerprint density at radius 1 is 1.42 bits per heavy atom. The summed E-state index contributed by atoms with van der Waals surface area (Å²) in [5.74, 6) is -1.10. The van der Waals surface area contributed by atoms with Crippen LogP contribution in [0.1, 0.15) is 23.7 Å². The van der Waals surface area contributed by atoms with E-state index in [4.69, 9.17) is 9.47 Å². The molecular formula is C16H20N2O6. The van der Waals surface area contributed by atoms with Gasteiger partial charge in [0.25, 0.3) is 11.6 Å². The number of rotatable bonds is 9. The van der Waals surface area contributed by atoms with E-state index in [0.29, 0.717) is 13.0 Å². The highest BCUT2D eigenvalue weighted by atomic mass is 16.6. The largest absolute Gasteiger partial charge is 0.462 e. The van der Waals surface area contributed by atoms with Crippen molar-refractivity contribution in [3.63, 3.8) is 0 Å². The minimum absolute atomic E-state index is 0.0735. The van der Waals surface area contributed by atoms with E-state index in [0.717, 1.165) is 11.0 Å². The molecule has 0 fully saturated rings. The lowest BCUT2D eigenvalue weighted by Gasteiger charge is -2.20. The second kappa shape index (κ2) is 9.41. The number of esters is 1. The first-order valence-electron chi connectivity index (χ1n) is 7.33. The molecule has 0 saturated heterocycles. The molecular weight excluding hydrogens is 316 g/mol. The normalized spacial score (nSPS) is 10.1. The van der Waals surface area contributed by atoms with E-state index in [1.165, 1.54) is 19.2 Å². The van der Waals surface area contributed by atoms with Gasteiger partial charge < -0.3 is 14.4 Å². The van der Waals surface area contributed by atoms with Crippen LogP contribution in [0, 0.1) is 10.1 Å². The number of anilines is 1. The number of carbonyl (C=O) groups is 2. The second-order valence-corrected chi connectivity index (χ2v) is 4.76. The first-order chi connectivity index (χ1) is 11.4. The summed E-state index contributed by atoms with van der Waals surface area (Å²) < 4.78 is 10.1. The zero-order chi connectivity index (χ0) is 18.1. The Bertz CT molecular complexity index is 629. The molecule has 0 heterocycles. The Labute approximate surface area is 139 Å². The van der Waals surface area contributed by atoms with Crippen molar-refractivity contribution in [2.24, 2.45) is 0 Å². The van der Waals surface area contributed by atoms with Gasteiger partial charge in [0.05, 0.1) is 29.4 Å². The maximum absolute atomic E-state index is 12.2. The van der Waals surface area contributed by atoms with E-state index in [1.54, 1.807) is 13.0 Å². The third kappa shape index (κ3) is 5.17. The number of benzene rings is 1. The van der Waals surface area contributed by atoms with Crippen LogP contribution >= 0.6 is 0 Å². The van der Waals surface area contributed by atoms with E-state index in [-0.39, 0.29) is 30.2 Å². The van der Waals surface area contributed by atoms with Crippen molar-refractivity contribution in [2.45, 2.75) is 13.3 Å². The monoisotopic (exact) mass is 336 g/mol. The first-order valence-corrected chi connectivity index (χ1v) is 7.33. The number of ether oxygens (including phenoxy) is 2. The molecule has 0 bridgehead atoms. The minimum atomic E-state index is -0.658. The van der Waals surface area contributed by atoms with Crippen LogP contribution < -0.4 is 4.90 Å². The molecule has 1 rings (SSSR count). The smallest absolute Gasteiger partial charge is 0.340 e. The summed E-state index contributed by atoms with van der Waals surface area (Å²) in [5.41, 5.74) is -0.0605. The molecule has 0 N–H and O–H groups in total. The van der Waals surface area contributed by atoms with Gasteiger partial charge in [0.15, 0.2) is 0 Å². The van der Waals surface area contributed by atoms with Crippen LogP contribution in [0.25, 0.3) is 0 Å². The van der Waals surface area contributed by atoms with Gasteiger partial charge in [0.1, 0.15) is 6.61 Å². The maximum atomic E-state index is 12.2. The molecule has 1 aromatic carbocycles. The van der Waals surface area contributed by atoms with E-state index < -0.39 is 16.8 Å². The van der Waals surface area contributed by atoms with Crippen LogP contribution in [0.15, 0.2) is 30.9 Å². The Balaban J connectivity index is 3.05. The van der Waals surface area contributed by atoms with Crippen molar-refractivity contribution in [1.82, 2.24) is 0 Å². The highest BCUT2D eigenvalue weighted by Crippen LogP contribution is 2.26. The van der Waals surface area contributed by atoms with E-state index in [1.807, 2.05) is 0 Å². The van der Waals surface area contributed by atoms with Gasteiger partial charge in [-0.3, -0.25) is 14.9 Å². The van der Waals surface area contributed by atoms with Crippen molar-refractivity contribution < 1.29 is 24.0 Å². The van der Waals surface area contributed by atoms with Gasteiger partial charge in [-0.25, -0.2) is 4.79 Å². The average Bonchev–Trinajstić information content (AvgIpc) is 2.57. The van der Waals surface area contributed by atoms with Gasteiger partial charge in [-0.1, -0.05) is 6.08 Å². The lowest BCUT2D eigenvalue weighted by molar-refractivity contribution is -0.384. The molecule has 8 heteroatoms. The van der Waals surface area contributed by atoms with Crippen LogP contribution in [0.3, 0.4) is 0 Å². The molecule has 130 valence electrons. The van der Waals surface area contributed by atoms with E-state index in [2.05, 4.69) is 6.58 Å². The molecule has 0 aliphatic carbocycles. The Morgan fingerprint density at radius 3 is 2.71 bits per heavy atom. The molecule has 0 radical (unpaired) electrons. The van der Waals surface area contributed by atoms with Gasteiger partial charge in [-0.2, -0.15) is 0 Å². The number of likely N-dealkylation sites (N-methyl/N-ethyl adjacent to an activating group) is 1. The number of nitro groups is 1. The van der Waals surface area contributed by atoms with Gasteiger partial charge >= 0.3 is 5.97 Å². The number of non-ortho nitro benzene ring substituents is 1. The third-order valence-electron chi connectivity index (χ3n) is 3.11. The summed E-state index contributed by atoms with van der Waals surface area (Å²) >= 11 is 0. The quantitative estimate of drug-likeness (QED) is 0.226. The number of amides is 1. The molecule has 0 saturated carbocycles. The van der Waals surface area contributed by atoms with Crippen LogP contribution in [0.5, 0.6) is 0 Å². The molecule has 1 amide bonds. The van der Waals surface area contributed by atoms with Crippen molar-refractivity contribution in [1.29, 1.82) is 0 Å². The number of hydrogen-bond acceptors (Lipinski definition) is 6. The van der Waals surface area contributed by atoms with Crippen LogP contribution in [-0.2, 0) is 14.3 Å². The number of hydrogen-bond donors (Lipinski definition) is 0. The Morgan fingerprint density at radius 2 is 2.12 bits per heavy atom. The summed E-state index contributed by atoms with van der Waals surface area (Å²) in [6.45, 7) is 5.46. The molecule has 24 heavy (non-hydrogen) atoms. The summed E-state index contributed by atoms with van der Waals surface area (Å²) in [5, 5.41) is 10.9. The zero-order valence-electron chi connectivity index (χ0n) is 13.7. The van der Waals surface area contributed by atoms with Crippen molar-refractivity contribution in [2.75, 3.05) is 31.8 Å². The lowest BCUT2D eigenvalue weighted by atomic mass is 10.1. The van der Waals surface area contributed by atoms with Gasteiger partial charge in [0.2, 0.25) is 0 Å². The van der Waals surface area contributed by atoms with Crippen LogP contribution in [-0.4, -0.2) is 43.7 Å². The van der Waals surface area contributed by atoms with E-state index in [9.17, 15) is 19.7 Å². The summed E-state index contributed by atoms with van der Waals surface area (Å²) in [7, 11) is 1.42. The van der Waals surface area contributed by atoms with Gasteiger partial charge in [-0.05, 0) is 19.4 Å². The maximum Gasteiger partial charge on any atom is 0.340 e. The molecule has 8 nitrogen and oxygen atoms in total. The highest BCUT2D eigenvalue weighted by Gasteiger charge is 2.22. The minimum Gasteiger partial charge on any atom is -0.462 e. The second-order valence-electron chi connectivity index (χ2n) is 4.76. The van der Waals surface area contributed by atoms with Crippen LogP contribution in [0.2, 0.25) is 0 Å². The predicted molar refractivity (Wildman–Crippen MR) is 88.1 cm³/mol. The average molecular weight is 336 g/mol. The third-order valence-corrected chi connectivity index (χ3v) is 3.11. The molecule has 0 atom stereocenters. The van der Waals surface area contributed by atoms with Gasteiger partial charge in [-0.15, -0.1) is 6.58 Å². The molecule has 0 spiro atoms. The van der Waals surface area contributed by atoms with E-state index >= 15 is 0 Å². The summed E-state index contributed by atoms with van der Waals surface area (Å²) in [6.07, 6.45) is 2.26. The zero-order valence-corrected chi connectivity index (χ0v) is 13.7. The fourth-order valence-electron chi connectivity index (χ4n) is 1.85. The molecule has 0 aliphatic rings. The molecule has 0 aromatic heterocycles. The van der Waals surface area contributed by atoms with Crippen LogP contribution in [0.4, 0.5) is 11.4 Å². The standard InChI is InChI=1S/C16H20N2O6/c1-4-6-9-23-11-15(19)17(3)14-10-12(18(21)22)7-8-13(14)16(20)24-5-2/h4,7-8,10H,1,5-6,9,11H2,2-3H3. The molecule has 1 aromatic rings. The van der Waals surface area contributed by atoms with Crippen molar-refractivity contribution in [3.05, 3.63) is 46.5 Å². The molecule has 0 aliphatic heterocycles. The topological polar surface area (TPSA) is 99.0 Å². The number of carbonyl (C=O) groups excluding carboxylic acids is 2.